The average Bonchev–Trinajstić information content (AvgIpc) is 2.89. The van der Waals surface area contributed by atoms with Crippen molar-refractivity contribution in [2.24, 2.45) is 16.3 Å². The number of nitrogens with zero attached hydrogens (tertiary/aromatic N) is 1. The van der Waals surface area contributed by atoms with E-state index in [0.717, 1.165) is 0 Å². The third kappa shape index (κ3) is 2.70. The molecule has 0 aliphatic carbocycles. The van der Waals surface area contributed by atoms with E-state index in [1.54, 1.807) is 0 Å². The highest BCUT2D eigenvalue weighted by Crippen LogP contribution is 2.29. The summed E-state index contributed by atoms with van der Waals surface area (Å²) in [4.78, 5) is 17.1. The van der Waals surface area contributed by atoms with E-state index in [4.69, 9.17) is 4.74 Å². The molecule has 0 bridgehead atoms. The van der Waals surface area contributed by atoms with Crippen LogP contribution in [0, 0.1) is 11.3 Å². The minimum Gasteiger partial charge on any atom is -0.478 e. The molecule has 0 spiro atoms. The predicted molar refractivity (Wildman–Crippen MR) is 76.6 cm³/mol. The van der Waals surface area contributed by atoms with E-state index in [0.29, 0.717) is 24.0 Å². The van der Waals surface area contributed by atoms with Gasteiger partial charge in [0.2, 0.25) is 0 Å². The van der Waals surface area contributed by atoms with Crippen LogP contribution in [0.25, 0.3) is 0 Å². The Balaban J connectivity index is 2.24. The average molecular weight is 259 g/mol. The fraction of sp³-hybridized carbons (Fsp3) is 0.500. The summed E-state index contributed by atoms with van der Waals surface area (Å²) in [5, 5.41) is 0. The molecule has 0 unspecified atom stereocenters. The maximum atomic E-state index is 12.6. The SMILES string of the molecule is CC(C)[C@H]1COC(C(C)(C)C(=O)c2ccccc2)=N1. The molecule has 2 rings (SSSR count). The first-order valence-corrected chi connectivity index (χ1v) is 6.74. The first-order chi connectivity index (χ1) is 8.93. The topological polar surface area (TPSA) is 38.7 Å². The van der Waals surface area contributed by atoms with Gasteiger partial charge in [-0.1, -0.05) is 44.2 Å². The van der Waals surface area contributed by atoms with Crippen LogP contribution in [0.3, 0.4) is 0 Å². The number of hydrogen-bond donors (Lipinski definition) is 0. The normalized spacial score (nSPS) is 19.2. The molecule has 0 N–H and O–H groups in total. The summed E-state index contributed by atoms with van der Waals surface area (Å²) in [6.45, 7) is 8.57. The van der Waals surface area contributed by atoms with Gasteiger partial charge in [0.05, 0.1) is 6.04 Å². The molecule has 1 aromatic carbocycles. The molecule has 3 nitrogen and oxygen atoms in total. The zero-order valence-corrected chi connectivity index (χ0v) is 12.0. The first kappa shape index (κ1) is 13.8. The summed E-state index contributed by atoms with van der Waals surface area (Å²) >= 11 is 0. The number of ketones is 1. The van der Waals surface area contributed by atoms with Crippen LogP contribution in [0.5, 0.6) is 0 Å². The second-order valence-electron chi connectivity index (χ2n) is 5.88. The molecule has 0 amide bonds. The van der Waals surface area contributed by atoms with Crippen LogP contribution in [0.15, 0.2) is 35.3 Å². The molecule has 19 heavy (non-hydrogen) atoms. The lowest BCUT2D eigenvalue weighted by molar-refractivity contribution is 0.0880. The van der Waals surface area contributed by atoms with Crippen molar-refractivity contribution in [1.29, 1.82) is 0 Å². The molecule has 1 aromatic rings. The Hall–Kier alpha value is -1.64. The van der Waals surface area contributed by atoms with Crippen molar-refractivity contribution in [3.8, 4) is 0 Å². The fourth-order valence-electron chi connectivity index (χ4n) is 2.12. The highest BCUT2D eigenvalue weighted by Gasteiger charge is 2.39. The number of benzene rings is 1. The maximum absolute atomic E-state index is 12.6. The number of rotatable bonds is 4. The second kappa shape index (κ2) is 5.16. The van der Waals surface area contributed by atoms with Crippen molar-refractivity contribution in [3.05, 3.63) is 35.9 Å². The van der Waals surface area contributed by atoms with E-state index in [-0.39, 0.29) is 11.8 Å². The molecule has 0 saturated carbocycles. The smallest absolute Gasteiger partial charge is 0.197 e. The molecule has 1 atom stereocenters. The standard InChI is InChI=1S/C16H21NO2/c1-11(2)13-10-19-15(17-13)16(3,4)14(18)12-8-6-5-7-9-12/h5-9,11,13H,10H2,1-4H3/t13-/m1/s1. The van der Waals surface area contributed by atoms with Gasteiger partial charge in [-0.3, -0.25) is 4.79 Å². The number of carbonyl (C=O) groups excluding carboxylic acids is 1. The van der Waals surface area contributed by atoms with Gasteiger partial charge in [0.1, 0.15) is 12.0 Å². The highest BCUT2D eigenvalue weighted by molar-refractivity contribution is 6.13. The monoisotopic (exact) mass is 259 g/mol. The first-order valence-electron chi connectivity index (χ1n) is 6.74. The summed E-state index contributed by atoms with van der Waals surface area (Å²) in [6, 6.07) is 9.48. The van der Waals surface area contributed by atoms with Gasteiger partial charge in [-0.25, -0.2) is 4.99 Å². The Labute approximate surface area is 114 Å². The van der Waals surface area contributed by atoms with Crippen molar-refractivity contribution >= 4 is 11.7 Å². The Kier molecular flexibility index (Phi) is 3.74. The number of Topliss-reactive ketones (excluding diaryl/α,β-unsaturated/α-hetero) is 1. The van der Waals surface area contributed by atoms with Crippen LogP contribution < -0.4 is 0 Å². The number of hydrogen-bond acceptors (Lipinski definition) is 3. The molecule has 1 aliphatic rings. The lowest BCUT2D eigenvalue weighted by atomic mass is 9.84. The van der Waals surface area contributed by atoms with E-state index in [9.17, 15) is 4.79 Å². The summed E-state index contributed by atoms with van der Waals surface area (Å²) < 4.78 is 5.66. The Morgan fingerprint density at radius 3 is 2.47 bits per heavy atom. The number of aliphatic imine (C=N–C) groups is 1. The van der Waals surface area contributed by atoms with Crippen molar-refractivity contribution in [3.63, 3.8) is 0 Å². The minimum atomic E-state index is -0.703. The Morgan fingerprint density at radius 2 is 1.95 bits per heavy atom. The van der Waals surface area contributed by atoms with E-state index in [2.05, 4.69) is 18.8 Å². The highest BCUT2D eigenvalue weighted by atomic mass is 16.5. The molecule has 102 valence electrons. The third-order valence-corrected chi connectivity index (χ3v) is 3.58. The molecule has 0 aromatic heterocycles. The largest absolute Gasteiger partial charge is 0.478 e. The van der Waals surface area contributed by atoms with Crippen molar-refractivity contribution in [1.82, 2.24) is 0 Å². The van der Waals surface area contributed by atoms with Gasteiger partial charge in [0, 0.05) is 5.56 Å². The Bertz CT molecular complexity index is 489. The number of ether oxygens (including phenoxy) is 1. The lowest BCUT2D eigenvalue weighted by Crippen LogP contribution is -2.33. The number of carbonyl (C=O) groups is 1. The summed E-state index contributed by atoms with van der Waals surface area (Å²) in [6.07, 6.45) is 0. The van der Waals surface area contributed by atoms with Gasteiger partial charge in [-0.2, -0.15) is 0 Å². The van der Waals surface area contributed by atoms with Gasteiger partial charge in [0.25, 0.3) is 0 Å². The van der Waals surface area contributed by atoms with Crippen LogP contribution in [0.4, 0.5) is 0 Å². The molecular formula is C16H21NO2. The molecule has 0 saturated heterocycles. The van der Waals surface area contributed by atoms with Crippen LogP contribution in [-0.2, 0) is 4.74 Å². The van der Waals surface area contributed by atoms with Gasteiger partial charge < -0.3 is 4.74 Å². The van der Waals surface area contributed by atoms with Crippen molar-refractivity contribution in [2.75, 3.05) is 6.61 Å². The van der Waals surface area contributed by atoms with Gasteiger partial charge >= 0.3 is 0 Å². The van der Waals surface area contributed by atoms with Gasteiger partial charge in [-0.15, -0.1) is 0 Å². The van der Waals surface area contributed by atoms with Gasteiger partial charge in [-0.05, 0) is 19.8 Å². The molecule has 0 radical (unpaired) electrons. The second-order valence-corrected chi connectivity index (χ2v) is 5.88. The van der Waals surface area contributed by atoms with Crippen LogP contribution >= 0.6 is 0 Å². The minimum absolute atomic E-state index is 0.0521. The van der Waals surface area contributed by atoms with E-state index >= 15 is 0 Å². The fourth-order valence-corrected chi connectivity index (χ4v) is 2.12. The van der Waals surface area contributed by atoms with Crippen molar-refractivity contribution < 1.29 is 9.53 Å². The Morgan fingerprint density at radius 1 is 1.32 bits per heavy atom. The van der Waals surface area contributed by atoms with Crippen molar-refractivity contribution in [2.45, 2.75) is 33.7 Å². The third-order valence-electron chi connectivity index (χ3n) is 3.58. The summed E-state index contributed by atoms with van der Waals surface area (Å²) in [5.74, 6) is 1.05. The molecule has 1 heterocycles. The van der Waals surface area contributed by atoms with Crippen LogP contribution in [0.1, 0.15) is 38.1 Å². The van der Waals surface area contributed by atoms with Crippen LogP contribution in [-0.4, -0.2) is 24.3 Å². The van der Waals surface area contributed by atoms with Crippen LogP contribution in [0.2, 0.25) is 0 Å². The zero-order chi connectivity index (χ0) is 14.0. The molecule has 3 heteroatoms. The quantitative estimate of drug-likeness (QED) is 0.778. The van der Waals surface area contributed by atoms with E-state index < -0.39 is 5.41 Å². The molecule has 1 aliphatic heterocycles. The zero-order valence-electron chi connectivity index (χ0n) is 12.0. The maximum Gasteiger partial charge on any atom is 0.197 e. The molecule has 0 fully saturated rings. The lowest BCUT2D eigenvalue weighted by Gasteiger charge is -2.22. The molecular weight excluding hydrogens is 238 g/mol. The van der Waals surface area contributed by atoms with E-state index in [1.807, 2.05) is 44.2 Å². The van der Waals surface area contributed by atoms with E-state index in [1.165, 1.54) is 0 Å². The van der Waals surface area contributed by atoms with Gasteiger partial charge in [0.15, 0.2) is 11.7 Å². The predicted octanol–water partition coefficient (Wildman–Crippen LogP) is 3.35. The summed E-state index contributed by atoms with van der Waals surface area (Å²) in [5.41, 5.74) is -0.00264. The summed E-state index contributed by atoms with van der Waals surface area (Å²) in [7, 11) is 0.